The van der Waals surface area contributed by atoms with Crippen molar-refractivity contribution >= 4 is 15.3 Å². The lowest BCUT2D eigenvalue weighted by molar-refractivity contribution is -0.139. The topological polar surface area (TPSA) is 54.0 Å². The van der Waals surface area contributed by atoms with Crippen LogP contribution in [0.5, 0.6) is 0 Å². The molecule has 0 aliphatic carbocycles. The lowest BCUT2D eigenvalue weighted by Crippen LogP contribution is -2.24. The highest BCUT2D eigenvalue weighted by molar-refractivity contribution is 6.44. The van der Waals surface area contributed by atoms with E-state index in [1.807, 2.05) is 0 Å². The second-order valence-electron chi connectivity index (χ2n) is 4.30. The molecule has 0 saturated heterocycles. The zero-order valence-electron chi connectivity index (χ0n) is 12.8. The van der Waals surface area contributed by atoms with E-state index in [0.717, 1.165) is 44.6 Å². The van der Waals surface area contributed by atoms with Crippen LogP contribution >= 0.6 is 0 Å². The Morgan fingerprint density at radius 3 is 2.25 bits per heavy atom. The molecule has 0 saturated carbocycles. The molecule has 0 amide bonds. The van der Waals surface area contributed by atoms with Gasteiger partial charge in [-0.2, -0.15) is 0 Å². The van der Waals surface area contributed by atoms with Crippen molar-refractivity contribution in [3.8, 4) is 0 Å². The number of carbonyl (C=O) groups excluding carboxylic acids is 1. The summed E-state index contributed by atoms with van der Waals surface area (Å²) in [6, 6.07) is 0.951. The SMILES string of the molecule is C=CC(=O)OCCOCCC[SiH](OCCC)OCCC. The van der Waals surface area contributed by atoms with Crippen LogP contribution < -0.4 is 0 Å². The molecule has 0 bridgehead atoms. The Labute approximate surface area is 124 Å². The van der Waals surface area contributed by atoms with Crippen molar-refractivity contribution in [1.29, 1.82) is 0 Å². The molecule has 5 nitrogen and oxygen atoms in total. The van der Waals surface area contributed by atoms with Crippen molar-refractivity contribution in [2.24, 2.45) is 0 Å². The van der Waals surface area contributed by atoms with Gasteiger partial charge in [-0.3, -0.25) is 0 Å². The number of esters is 1. The van der Waals surface area contributed by atoms with Crippen LogP contribution in [0.2, 0.25) is 6.04 Å². The molecule has 0 aliphatic rings. The second kappa shape index (κ2) is 14.7. The first-order valence-electron chi connectivity index (χ1n) is 7.34. The number of carbonyl (C=O) groups is 1. The largest absolute Gasteiger partial charge is 0.460 e. The maximum Gasteiger partial charge on any atom is 0.330 e. The van der Waals surface area contributed by atoms with Gasteiger partial charge in [-0.1, -0.05) is 20.4 Å². The number of ether oxygens (including phenoxy) is 2. The van der Waals surface area contributed by atoms with Crippen molar-refractivity contribution < 1.29 is 23.1 Å². The summed E-state index contributed by atoms with van der Waals surface area (Å²) in [5.74, 6) is -0.415. The summed E-state index contributed by atoms with van der Waals surface area (Å²) < 4.78 is 21.7. The van der Waals surface area contributed by atoms with Gasteiger partial charge in [0.15, 0.2) is 0 Å². The van der Waals surface area contributed by atoms with E-state index in [9.17, 15) is 4.79 Å². The van der Waals surface area contributed by atoms with Gasteiger partial charge in [-0.15, -0.1) is 0 Å². The van der Waals surface area contributed by atoms with Gasteiger partial charge >= 0.3 is 15.3 Å². The number of hydrogen-bond donors (Lipinski definition) is 0. The third-order valence-electron chi connectivity index (χ3n) is 2.38. The Hall–Kier alpha value is -0.693. The third-order valence-corrected chi connectivity index (χ3v) is 4.48. The van der Waals surface area contributed by atoms with Crippen LogP contribution in [-0.4, -0.2) is 48.3 Å². The molecule has 0 rings (SSSR count). The fourth-order valence-electron chi connectivity index (χ4n) is 1.43. The van der Waals surface area contributed by atoms with Crippen LogP contribution in [0.15, 0.2) is 12.7 Å². The van der Waals surface area contributed by atoms with E-state index in [4.69, 9.17) is 18.3 Å². The first-order chi connectivity index (χ1) is 9.74. The molecule has 0 aromatic rings. The lowest BCUT2D eigenvalue weighted by atomic mass is 10.5. The van der Waals surface area contributed by atoms with Crippen molar-refractivity contribution in [3.05, 3.63) is 12.7 Å². The fourth-order valence-corrected chi connectivity index (χ4v) is 3.35. The normalized spacial score (nSPS) is 10.8. The van der Waals surface area contributed by atoms with Crippen LogP contribution in [0.3, 0.4) is 0 Å². The predicted molar refractivity (Wildman–Crippen MR) is 81.0 cm³/mol. The van der Waals surface area contributed by atoms with Gasteiger partial charge in [0.2, 0.25) is 0 Å². The summed E-state index contributed by atoms with van der Waals surface area (Å²) in [6.45, 7) is 10.4. The molecule has 0 aliphatic heterocycles. The highest BCUT2D eigenvalue weighted by Gasteiger charge is 2.12. The van der Waals surface area contributed by atoms with Crippen LogP contribution in [-0.2, 0) is 23.1 Å². The van der Waals surface area contributed by atoms with E-state index in [2.05, 4.69) is 20.4 Å². The van der Waals surface area contributed by atoms with Gasteiger partial charge in [0.25, 0.3) is 0 Å². The van der Waals surface area contributed by atoms with Crippen molar-refractivity contribution in [3.63, 3.8) is 0 Å². The first-order valence-corrected chi connectivity index (χ1v) is 9.10. The lowest BCUT2D eigenvalue weighted by Gasteiger charge is -2.16. The van der Waals surface area contributed by atoms with Gasteiger partial charge in [0.1, 0.15) is 6.61 Å². The summed E-state index contributed by atoms with van der Waals surface area (Å²) in [5.41, 5.74) is 0. The molecule has 118 valence electrons. The van der Waals surface area contributed by atoms with E-state index in [1.54, 1.807) is 0 Å². The van der Waals surface area contributed by atoms with Crippen LogP contribution in [0, 0.1) is 0 Å². The Morgan fingerprint density at radius 2 is 1.70 bits per heavy atom. The van der Waals surface area contributed by atoms with E-state index >= 15 is 0 Å². The van der Waals surface area contributed by atoms with Crippen molar-refractivity contribution in [2.45, 2.75) is 39.2 Å². The quantitative estimate of drug-likeness (QED) is 0.213. The zero-order valence-corrected chi connectivity index (χ0v) is 13.9. The van der Waals surface area contributed by atoms with Crippen LogP contribution in [0.4, 0.5) is 0 Å². The summed E-state index contributed by atoms with van der Waals surface area (Å²) in [5, 5.41) is 0. The van der Waals surface area contributed by atoms with Crippen molar-refractivity contribution in [2.75, 3.05) is 33.0 Å². The maximum absolute atomic E-state index is 10.8. The van der Waals surface area contributed by atoms with E-state index in [0.29, 0.717) is 13.2 Å². The average molecular weight is 304 g/mol. The minimum Gasteiger partial charge on any atom is -0.460 e. The zero-order chi connectivity index (χ0) is 15.1. The molecule has 0 fully saturated rings. The first kappa shape index (κ1) is 19.3. The molecule has 0 N–H and O–H groups in total. The Balaban J connectivity index is 3.51. The van der Waals surface area contributed by atoms with Gasteiger partial charge in [-0.25, -0.2) is 4.79 Å². The summed E-state index contributed by atoms with van der Waals surface area (Å²) >= 11 is 0. The Bertz CT molecular complexity index is 240. The van der Waals surface area contributed by atoms with Gasteiger partial charge in [-0.05, 0) is 25.3 Å². The van der Waals surface area contributed by atoms with Crippen molar-refractivity contribution in [1.82, 2.24) is 0 Å². The molecular weight excluding hydrogens is 276 g/mol. The monoisotopic (exact) mass is 304 g/mol. The maximum atomic E-state index is 10.8. The molecule has 20 heavy (non-hydrogen) atoms. The Morgan fingerprint density at radius 1 is 1.05 bits per heavy atom. The van der Waals surface area contributed by atoms with Crippen LogP contribution in [0.1, 0.15) is 33.1 Å². The molecule has 0 heterocycles. The predicted octanol–water partition coefficient (Wildman–Crippen LogP) is 2.20. The highest BCUT2D eigenvalue weighted by Crippen LogP contribution is 2.04. The van der Waals surface area contributed by atoms with E-state index in [-0.39, 0.29) is 6.61 Å². The van der Waals surface area contributed by atoms with Crippen LogP contribution in [0.25, 0.3) is 0 Å². The third kappa shape index (κ3) is 12.3. The number of hydrogen-bond acceptors (Lipinski definition) is 5. The van der Waals surface area contributed by atoms with E-state index < -0.39 is 15.3 Å². The highest BCUT2D eigenvalue weighted by atomic mass is 28.3. The van der Waals surface area contributed by atoms with Gasteiger partial charge in [0.05, 0.1) is 6.61 Å². The molecule has 0 aromatic heterocycles. The second-order valence-corrected chi connectivity index (χ2v) is 6.40. The fraction of sp³-hybridized carbons (Fsp3) is 0.786. The average Bonchev–Trinajstić information content (AvgIpc) is 2.47. The molecule has 0 radical (unpaired) electrons. The summed E-state index contributed by atoms with van der Waals surface area (Å²) in [6.07, 6.45) is 4.10. The Kier molecular flexibility index (Phi) is 14.2. The van der Waals surface area contributed by atoms with E-state index in [1.165, 1.54) is 0 Å². The smallest absolute Gasteiger partial charge is 0.330 e. The molecule has 0 spiro atoms. The minimum atomic E-state index is -1.53. The summed E-state index contributed by atoms with van der Waals surface area (Å²) in [7, 11) is -1.53. The van der Waals surface area contributed by atoms with Gasteiger partial charge in [0, 0.05) is 25.9 Å². The molecule has 0 aromatic carbocycles. The number of rotatable bonds is 14. The molecular formula is C14H28O5Si. The standard InChI is InChI=1S/C14H28O5Si/c1-4-8-18-20(19-9-5-2)13-7-10-16-11-12-17-14(15)6-3/h6,20H,3-5,7-13H2,1-2H3. The van der Waals surface area contributed by atoms with Gasteiger partial charge < -0.3 is 18.3 Å². The molecule has 0 atom stereocenters. The molecule has 0 unspecified atom stereocenters. The summed E-state index contributed by atoms with van der Waals surface area (Å²) in [4.78, 5) is 10.8. The molecule has 6 heteroatoms. The minimum absolute atomic E-state index is 0.268.